The molecular weight excluding hydrogens is 212 g/mol. The molecule has 0 aromatic rings. The van der Waals surface area contributed by atoms with Gasteiger partial charge in [0, 0.05) is 6.54 Å². The zero-order chi connectivity index (χ0) is 12.1. The normalized spacial score (nSPS) is 30.8. The molecule has 0 aromatic heterocycles. The van der Waals surface area contributed by atoms with Crippen molar-refractivity contribution >= 4 is 5.91 Å². The molecule has 17 heavy (non-hydrogen) atoms. The molecule has 3 heteroatoms. The van der Waals surface area contributed by atoms with E-state index >= 15 is 0 Å². The lowest BCUT2D eigenvalue weighted by Gasteiger charge is -2.21. The van der Waals surface area contributed by atoms with E-state index in [0.717, 1.165) is 43.7 Å². The van der Waals surface area contributed by atoms with Crippen molar-refractivity contribution in [3.05, 3.63) is 0 Å². The van der Waals surface area contributed by atoms with Crippen LogP contribution in [0, 0.1) is 17.8 Å². The smallest absolute Gasteiger partial charge is 0.233 e. The number of nitrogens with one attached hydrogen (secondary N) is 2. The van der Waals surface area contributed by atoms with E-state index in [9.17, 15) is 4.79 Å². The van der Waals surface area contributed by atoms with Gasteiger partial charge in [-0.3, -0.25) is 4.79 Å². The Hall–Kier alpha value is -0.570. The summed E-state index contributed by atoms with van der Waals surface area (Å²) in [5.41, 5.74) is 0. The third kappa shape index (κ3) is 3.70. The Labute approximate surface area is 105 Å². The molecule has 3 nitrogen and oxygen atoms in total. The maximum atomic E-state index is 11.5. The van der Waals surface area contributed by atoms with Gasteiger partial charge in [0.15, 0.2) is 0 Å². The van der Waals surface area contributed by atoms with E-state index in [2.05, 4.69) is 17.6 Å². The SMILES string of the molecule is CCCCNC(=O)CNCC1CC2CCC1C2. The van der Waals surface area contributed by atoms with Gasteiger partial charge in [0.05, 0.1) is 6.54 Å². The van der Waals surface area contributed by atoms with Crippen LogP contribution in [0.3, 0.4) is 0 Å². The first-order chi connectivity index (χ1) is 8.29. The van der Waals surface area contributed by atoms with Crippen LogP contribution >= 0.6 is 0 Å². The number of hydrogen-bond acceptors (Lipinski definition) is 2. The Bertz CT molecular complexity index is 255. The van der Waals surface area contributed by atoms with Gasteiger partial charge in [-0.05, 0) is 50.0 Å². The van der Waals surface area contributed by atoms with Crippen LogP contribution in [-0.2, 0) is 4.79 Å². The van der Waals surface area contributed by atoms with Crippen molar-refractivity contribution in [2.24, 2.45) is 17.8 Å². The molecule has 0 spiro atoms. The van der Waals surface area contributed by atoms with E-state index in [-0.39, 0.29) is 5.91 Å². The van der Waals surface area contributed by atoms with Gasteiger partial charge < -0.3 is 10.6 Å². The molecule has 0 aliphatic heterocycles. The van der Waals surface area contributed by atoms with Gasteiger partial charge in [-0.15, -0.1) is 0 Å². The summed E-state index contributed by atoms with van der Waals surface area (Å²) >= 11 is 0. The molecule has 0 radical (unpaired) electrons. The minimum atomic E-state index is 0.154. The molecule has 2 fully saturated rings. The van der Waals surface area contributed by atoms with Gasteiger partial charge in [0.2, 0.25) is 5.91 Å². The van der Waals surface area contributed by atoms with Crippen LogP contribution in [0.15, 0.2) is 0 Å². The second kappa shape index (κ2) is 6.39. The van der Waals surface area contributed by atoms with E-state index < -0.39 is 0 Å². The van der Waals surface area contributed by atoms with Gasteiger partial charge in [-0.25, -0.2) is 0 Å². The minimum Gasteiger partial charge on any atom is -0.355 e. The molecular formula is C14H26N2O. The number of unbranched alkanes of at least 4 members (excludes halogenated alkanes) is 1. The van der Waals surface area contributed by atoms with Crippen molar-refractivity contribution in [2.75, 3.05) is 19.6 Å². The Morgan fingerprint density at radius 1 is 1.29 bits per heavy atom. The lowest BCUT2D eigenvalue weighted by atomic mass is 9.89. The zero-order valence-electron chi connectivity index (χ0n) is 11.0. The Morgan fingerprint density at radius 3 is 2.82 bits per heavy atom. The molecule has 2 saturated carbocycles. The highest BCUT2D eigenvalue weighted by Gasteiger charge is 2.38. The van der Waals surface area contributed by atoms with Crippen molar-refractivity contribution < 1.29 is 4.79 Å². The summed E-state index contributed by atoms with van der Waals surface area (Å²) in [5.74, 6) is 2.96. The van der Waals surface area contributed by atoms with E-state index in [0.29, 0.717) is 6.54 Å². The number of fused-ring (bicyclic) bond motifs is 2. The van der Waals surface area contributed by atoms with Gasteiger partial charge in [0.25, 0.3) is 0 Å². The van der Waals surface area contributed by atoms with Crippen molar-refractivity contribution in [3.63, 3.8) is 0 Å². The maximum absolute atomic E-state index is 11.5. The first-order valence-electron chi connectivity index (χ1n) is 7.27. The predicted octanol–water partition coefficient (Wildman–Crippen LogP) is 1.93. The first kappa shape index (κ1) is 12.9. The second-order valence-corrected chi connectivity index (χ2v) is 5.77. The average molecular weight is 238 g/mol. The summed E-state index contributed by atoms with van der Waals surface area (Å²) in [5, 5.41) is 6.27. The van der Waals surface area contributed by atoms with Crippen LogP contribution in [0.1, 0.15) is 45.4 Å². The number of carbonyl (C=O) groups excluding carboxylic acids is 1. The average Bonchev–Trinajstić information content (AvgIpc) is 2.91. The number of hydrogen-bond donors (Lipinski definition) is 2. The molecule has 0 aromatic carbocycles. The number of amides is 1. The summed E-state index contributed by atoms with van der Waals surface area (Å²) in [6, 6.07) is 0. The maximum Gasteiger partial charge on any atom is 0.233 e. The van der Waals surface area contributed by atoms with Crippen molar-refractivity contribution in [1.29, 1.82) is 0 Å². The highest BCUT2D eigenvalue weighted by molar-refractivity contribution is 5.77. The summed E-state index contributed by atoms with van der Waals surface area (Å²) in [4.78, 5) is 11.5. The van der Waals surface area contributed by atoms with Gasteiger partial charge in [0.1, 0.15) is 0 Å². The molecule has 98 valence electrons. The lowest BCUT2D eigenvalue weighted by molar-refractivity contribution is -0.120. The Kier molecular flexibility index (Phi) is 4.84. The summed E-state index contributed by atoms with van der Waals surface area (Å²) < 4.78 is 0. The summed E-state index contributed by atoms with van der Waals surface area (Å²) in [7, 11) is 0. The van der Waals surface area contributed by atoms with E-state index in [1.807, 2.05) is 0 Å². The third-order valence-corrected chi connectivity index (χ3v) is 4.43. The molecule has 2 aliphatic rings. The monoisotopic (exact) mass is 238 g/mol. The molecule has 0 heterocycles. The predicted molar refractivity (Wildman–Crippen MR) is 69.7 cm³/mol. The minimum absolute atomic E-state index is 0.154. The zero-order valence-corrected chi connectivity index (χ0v) is 11.0. The van der Waals surface area contributed by atoms with Crippen molar-refractivity contribution in [3.8, 4) is 0 Å². The Morgan fingerprint density at radius 2 is 2.18 bits per heavy atom. The van der Waals surface area contributed by atoms with E-state index in [1.165, 1.54) is 25.7 Å². The lowest BCUT2D eigenvalue weighted by Crippen LogP contribution is -2.37. The van der Waals surface area contributed by atoms with Crippen molar-refractivity contribution in [1.82, 2.24) is 10.6 Å². The topological polar surface area (TPSA) is 41.1 Å². The van der Waals surface area contributed by atoms with Crippen LogP contribution < -0.4 is 10.6 Å². The van der Waals surface area contributed by atoms with Gasteiger partial charge in [-0.2, -0.15) is 0 Å². The van der Waals surface area contributed by atoms with Gasteiger partial charge in [-0.1, -0.05) is 19.8 Å². The molecule has 0 saturated heterocycles. The van der Waals surface area contributed by atoms with Crippen LogP contribution in [0.5, 0.6) is 0 Å². The Balaban J connectivity index is 1.52. The van der Waals surface area contributed by atoms with Crippen LogP contribution in [-0.4, -0.2) is 25.5 Å². The fourth-order valence-electron chi connectivity index (χ4n) is 3.46. The largest absolute Gasteiger partial charge is 0.355 e. The van der Waals surface area contributed by atoms with E-state index in [1.54, 1.807) is 0 Å². The fourth-order valence-corrected chi connectivity index (χ4v) is 3.46. The molecule has 2 aliphatic carbocycles. The van der Waals surface area contributed by atoms with Gasteiger partial charge >= 0.3 is 0 Å². The van der Waals surface area contributed by atoms with Crippen LogP contribution in [0.4, 0.5) is 0 Å². The highest BCUT2D eigenvalue weighted by atomic mass is 16.1. The quantitative estimate of drug-likeness (QED) is 0.665. The van der Waals surface area contributed by atoms with Crippen LogP contribution in [0.25, 0.3) is 0 Å². The second-order valence-electron chi connectivity index (χ2n) is 5.77. The van der Waals surface area contributed by atoms with E-state index in [4.69, 9.17) is 0 Å². The van der Waals surface area contributed by atoms with Crippen molar-refractivity contribution in [2.45, 2.75) is 45.4 Å². The number of rotatable bonds is 7. The third-order valence-electron chi connectivity index (χ3n) is 4.43. The molecule has 3 unspecified atom stereocenters. The standard InChI is InChI=1S/C14H26N2O/c1-2-3-6-16-14(17)10-15-9-13-8-11-4-5-12(13)7-11/h11-13,15H,2-10H2,1H3,(H,16,17). The summed E-state index contributed by atoms with van der Waals surface area (Å²) in [6.45, 7) is 4.50. The first-order valence-corrected chi connectivity index (χ1v) is 7.27. The van der Waals surface area contributed by atoms with Crippen LogP contribution in [0.2, 0.25) is 0 Å². The summed E-state index contributed by atoms with van der Waals surface area (Å²) in [6.07, 6.45) is 7.96. The molecule has 2 rings (SSSR count). The molecule has 1 amide bonds. The molecule has 2 bridgehead atoms. The highest BCUT2D eigenvalue weighted by Crippen LogP contribution is 2.47. The fraction of sp³-hybridized carbons (Fsp3) is 0.929. The number of carbonyl (C=O) groups is 1. The molecule has 3 atom stereocenters. The molecule has 2 N–H and O–H groups in total.